The lowest BCUT2D eigenvalue weighted by Gasteiger charge is -2.35. The molecule has 5 heteroatoms. The van der Waals surface area contributed by atoms with E-state index in [4.69, 9.17) is 4.74 Å². The number of benzene rings is 1. The van der Waals surface area contributed by atoms with E-state index in [1.165, 1.54) is 4.90 Å². The second-order valence-corrected chi connectivity index (χ2v) is 6.58. The molecular weight excluding hydrogens is 280 g/mol. The van der Waals surface area contributed by atoms with E-state index in [-0.39, 0.29) is 0 Å². The molecule has 0 saturated heterocycles. The summed E-state index contributed by atoms with van der Waals surface area (Å²) in [6.45, 7) is 7.08. The lowest BCUT2D eigenvalue weighted by atomic mass is 9.91. The zero-order valence-electron chi connectivity index (χ0n) is 13.6. The van der Waals surface area contributed by atoms with Crippen LogP contribution in [0, 0.1) is 0 Å². The highest BCUT2D eigenvalue weighted by Gasteiger charge is 2.36. The number of nitrogens with zero attached hydrogens (tertiary/aromatic N) is 1. The Balaban J connectivity index is 2.38. The van der Waals surface area contributed by atoms with Crippen LogP contribution < -0.4 is 0 Å². The largest absolute Gasteiger partial charge is 0.444 e. The topological polar surface area (TPSA) is 62.4 Å². The number of likely N-dealkylation sites (N-methyl/N-ethyl adjacent to an activating group) is 1. The van der Waals surface area contributed by atoms with Crippen molar-refractivity contribution in [2.24, 2.45) is 0 Å². The molecule has 1 aromatic heterocycles. The number of H-pyrrole nitrogens is 1. The Morgan fingerprint density at radius 3 is 2.50 bits per heavy atom. The summed E-state index contributed by atoms with van der Waals surface area (Å²) in [6.07, 6.45) is 2.07. The van der Waals surface area contributed by atoms with Gasteiger partial charge in [0.05, 0.1) is 0 Å². The number of nitrogens with one attached hydrogen (secondary N) is 1. The Morgan fingerprint density at radius 2 is 1.91 bits per heavy atom. The van der Waals surface area contributed by atoms with Crippen molar-refractivity contribution < 1.29 is 14.3 Å². The summed E-state index contributed by atoms with van der Waals surface area (Å²) < 4.78 is 5.36. The Hall–Kier alpha value is -2.30. The maximum absolute atomic E-state index is 12.3. The number of aromatic amines is 1. The van der Waals surface area contributed by atoms with Gasteiger partial charge < -0.3 is 14.5 Å². The smallest absolute Gasteiger partial charge is 0.411 e. The molecular formula is C17H22N2O3. The van der Waals surface area contributed by atoms with Crippen molar-refractivity contribution in [3.8, 4) is 0 Å². The maximum atomic E-state index is 12.3. The second kappa shape index (κ2) is 5.48. The Kier molecular flexibility index (Phi) is 4.00. The van der Waals surface area contributed by atoms with Crippen LogP contribution in [0.25, 0.3) is 10.9 Å². The third-order valence-corrected chi connectivity index (χ3v) is 3.73. The number of hydrogen-bond donors (Lipinski definition) is 1. The van der Waals surface area contributed by atoms with Crippen LogP contribution in [-0.4, -0.2) is 34.9 Å². The highest BCUT2D eigenvalue weighted by atomic mass is 16.6. The SMILES string of the molecule is CN(C(=O)OC(C)(C)C)C(C)(C=O)c1ccc2cc[nH]c2c1. The molecule has 1 heterocycles. The summed E-state index contributed by atoms with van der Waals surface area (Å²) in [5.74, 6) is 0. The molecule has 1 unspecified atom stereocenters. The van der Waals surface area contributed by atoms with Crippen LogP contribution in [0.5, 0.6) is 0 Å². The highest BCUT2D eigenvalue weighted by Crippen LogP contribution is 2.29. The first-order valence-corrected chi connectivity index (χ1v) is 7.18. The average molecular weight is 302 g/mol. The molecule has 1 aromatic carbocycles. The monoisotopic (exact) mass is 302 g/mol. The molecule has 0 aliphatic carbocycles. The zero-order valence-corrected chi connectivity index (χ0v) is 13.6. The van der Waals surface area contributed by atoms with E-state index >= 15 is 0 Å². The van der Waals surface area contributed by atoms with Crippen LogP contribution in [0.15, 0.2) is 30.5 Å². The number of rotatable bonds is 3. The van der Waals surface area contributed by atoms with Crippen molar-refractivity contribution in [2.45, 2.75) is 38.8 Å². The summed E-state index contributed by atoms with van der Waals surface area (Å²) in [5.41, 5.74) is -0.0610. The number of fused-ring (bicyclic) bond motifs is 1. The van der Waals surface area contributed by atoms with Gasteiger partial charge >= 0.3 is 6.09 Å². The number of hydrogen-bond acceptors (Lipinski definition) is 3. The first-order valence-electron chi connectivity index (χ1n) is 7.18. The van der Waals surface area contributed by atoms with Crippen molar-refractivity contribution in [1.29, 1.82) is 0 Å². The minimum atomic E-state index is -1.10. The fourth-order valence-electron chi connectivity index (χ4n) is 2.22. The Morgan fingerprint density at radius 1 is 1.23 bits per heavy atom. The van der Waals surface area contributed by atoms with E-state index in [1.54, 1.807) is 34.7 Å². The molecule has 0 radical (unpaired) electrons. The lowest BCUT2D eigenvalue weighted by Crippen LogP contribution is -2.48. The molecule has 1 amide bonds. The number of carbonyl (C=O) groups excluding carboxylic acids is 2. The molecule has 5 nitrogen and oxygen atoms in total. The maximum Gasteiger partial charge on any atom is 0.411 e. The van der Waals surface area contributed by atoms with E-state index in [9.17, 15) is 9.59 Å². The molecule has 0 bridgehead atoms. The number of ether oxygens (including phenoxy) is 1. The van der Waals surface area contributed by atoms with Crippen LogP contribution >= 0.6 is 0 Å². The van der Waals surface area contributed by atoms with Crippen LogP contribution in [0.3, 0.4) is 0 Å². The summed E-state index contributed by atoms with van der Waals surface area (Å²) in [4.78, 5) is 28.5. The van der Waals surface area contributed by atoms with Gasteiger partial charge in [-0.1, -0.05) is 12.1 Å². The normalized spacial score (nSPS) is 14.4. The van der Waals surface area contributed by atoms with Crippen molar-refractivity contribution in [1.82, 2.24) is 9.88 Å². The van der Waals surface area contributed by atoms with Gasteiger partial charge in [-0.05, 0) is 50.8 Å². The molecule has 0 aliphatic rings. The molecule has 0 aliphatic heterocycles. The molecule has 0 fully saturated rings. The van der Waals surface area contributed by atoms with Gasteiger partial charge in [-0.2, -0.15) is 0 Å². The minimum absolute atomic E-state index is 0.534. The zero-order chi connectivity index (χ0) is 16.5. The molecule has 0 saturated carbocycles. The molecule has 118 valence electrons. The molecule has 22 heavy (non-hydrogen) atoms. The van der Waals surface area contributed by atoms with Crippen LogP contribution in [-0.2, 0) is 15.1 Å². The second-order valence-electron chi connectivity index (χ2n) is 6.58. The van der Waals surface area contributed by atoms with Crippen molar-refractivity contribution in [3.63, 3.8) is 0 Å². The third kappa shape index (κ3) is 2.98. The molecule has 1 atom stereocenters. The fourth-order valence-corrected chi connectivity index (χ4v) is 2.22. The fraction of sp³-hybridized carbons (Fsp3) is 0.412. The van der Waals surface area contributed by atoms with Gasteiger partial charge in [0.15, 0.2) is 0 Å². The van der Waals surface area contributed by atoms with E-state index in [1.807, 2.05) is 30.5 Å². The van der Waals surface area contributed by atoms with Crippen molar-refractivity contribution >= 4 is 23.3 Å². The van der Waals surface area contributed by atoms with Crippen LogP contribution in [0.4, 0.5) is 4.79 Å². The van der Waals surface area contributed by atoms with Gasteiger partial charge in [0.25, 0.3) is 0 Å². The summed E-state index contributed by atoms with van der Waals surface area (Å²) in [7, 11) is 1.57. The van der Waals surface area contributed by atoms with Crippen LogP contribution in [0.2, 0.25) is 0 Å². The standard InChI is InChI=1S/C17H22N2O3/c1-16(2,3)22-15(21)19(5)17(4,11-20)13-7-6-12-8-9-18-14(12)10-13/h6-11,18H,1-5H3. The minimum Gasteiger partial charge on any atom is -0.444 e. The van der Waals surface area contributed by atoms with E-state index in [0.717, 1.165) is 22.8 Å². The van der Waals surface area contributed by atoms with Gasteiger partial charge in [-0.15, -0.1) is 0 Å². The predicted octanol–water partition coefficient (Wildman–Crippen LogP) is 3.45. The van der Waals surface area contributed by atoms with Gasteiger partial charge in [0.2, 0.25) is 0 Å². The first-order chi connectivity index (χ1) is 10.2. The van der Waals surface area contributed by atoms with Gasteiger partial charge in [0.1, 0.15) is 17.4 Å². The first kappa shape index (κ1) is 16.1. The average Bonchev–Trinajstić information content (AvgIpc) is 2.91. The molecule has 0 spiro atoms. The Bertz CT molecular complexity index is 699. The van der Waals surface area contributed by atoms with E-state index in [2.05, 4.69) is 4.98 Å². The van der Waals surface area contributed by atoms with Crippen molar-refractivity contribution in [2.75, 3.05) is 7.05 Å². The summed E-state index contributed by atoms with van der Waals surface area (Å²) in [6, 6.07) is 7.61. The lowest BCUT2D eigenvalue weighted by molar-refractivity contribution is -0.117. The number of amides is 1. The number of carbonyl (C=O) groups is 2. The number of aldehydes is 1. The molecule has 2 aromatic rings. The highest BCUT2D eigenvalue weighted by molar-refractivity contribution is 5.83. The Labute approximate surface area is 130 Å². The quantitative estimate of drug-likeness (QED) is 0.883. The number of aromatic nitrogens is 1. The van der Waals surface area contributed by atoms with E-state index < -0.39 is 17.2 Å². The van der Waals surface area contributed by atoms with Gasteiger partial charge in [0, 0.05) is 18.8 Å². The third-order valence-electron chi connectivity index (χ3n) is 3.73. The van der Waals surface area contributed by atoms with Crippen molar-refractivity contribution in [3.05, 3.63) is 36.0 Å². The predicted molar refractivity (Wildman–Crippen MR) is 85.7 cm³/mol. The summed E-state index contributed by atoms with van der Waals surface area (Å²) >= 11 is 0. The molecule has 1 N–H and O–H groups in total. The van der Waals surface area contributed by atoms with Gasteiger partial charge in [-0.25, -0.2) is 4.79 Å². The van der Waals surface area contributed by atoms with Gasteiger partial charge in [-0.3, -0.25) is 4.90 Å². The molecule has 2 rings (SSSR count). The van der Waals surface area contributed by atoms with Crippen LogP contribution in [0.1, 0.15) is 33.3 Å². The van der Waals surface area contributed by atoms with E-state index in [0.29, 0.717) is 0 Å². The summed E-state index contributed by atoms with van der Waals surface area (Å²) in [5, 5.41) is 1.05.